The lowest BCUT2D eigenvalue weighted by molar-refractivity contribution is -0.0368. The van der Waals surface area contributed by atoms with Gasteiger partial charge in [-0.25, -0.2) is 18.9 Å². The van der Waals surface area contributed by atoms with E-state index in [1.165, 1.54) is 5.57 Å². The molecule has 2 saturated heterocycles. The average Bonchev–Trinajstić information content (AvgIpc) is 3.62. The fourth-order valence-electron chi connectivity index (χ4n) is 6.02. The molecule has 2 N–H and O–H groups in total. The van der Waals surface area contributed by atoms with Crippen LogP contribution >= 0.6 is 0 Å². The zero-order valence-electron chi connectivity index (χ0n) is 25.8. The van der Waals surface area contributed by atoms with E-state index in [2.05, 4.69) is 4.98 Å². The molecule has 44 heavy (non-hydrogen) atoms. The summed E-state index contributed by atoms with van der Waals surface area (Å²) in [6.45, 7) is 9.39. The number of H-pyrrole nitrogens is 1. The molecule has 9 nitrogen and oxygen atoms in total. The van der Waals surface area contributed by atoms with E-state index in [9.17, 15) is 9.90 Å². The van der Waals surface area contributed by atoms with Crippen LogP contribution in [0.5, 0.6) is 5.75 Å². The van der Waals surface area contributed by atoms with Crippen LogP contribution in [0.15, 0.2) is 42.1 Å². The number of nitrogens with one attached hydrogen (secondary N) is 1. The molecular formula is C34H40FN5O4. The summed E-state index contributed by atoms with van der Waals surface area (Å²) in [6, 6.07) is 8.72. The molecule has 0 bridgehead atoms. The Morgan fingerprint density at radius 2 is 1.95 bits per heavy atom. The third kappa shape index (κ3) is 6.08. The zero-order valence-corrected chi connectivity index (χ0v) is 25.8. The van der Waals surface area contributed by atoms with Crippen LogP contribution in [0.2, 0.25) is 0 Å². The Morgan fingerprint density at radius 3 is 2.66 bits per heavy atom. The number of rotatable bonds is 5. The minimum atomic E-state index is -0.520. The zero-order chi connectivity index (χ0) is 31.0. The summed E-state index contributed by atoms with van der Waals surface area (Å²) < 4.78 is 29.8. The molecule has 1 atom stereocenters. The van der Waals surface area contributed by atoms with E-state index in [0.29, 0.717) is 54.1 Å². The van der Waals surface area contributed by atoms with Gasteiger partial charge in [0.15, 0.2) is 17.9 Å². The van der Waals surface area contributed by atoms with Crippen LogP contribution in [-0.4, -0.2) is 61.1 Å². The molecule has 2 aromatic carbocycles. The Balaban J connectivity index is 1.32. The van der Waals surface area contributed by atoms with E-state index in [1.807, 2.05) is 46.0 Å². The maximum atomic E-state index is 16.6. The quantitative estimate of drug-likeness (QED) is 0.244. The van der Waals surface area contributed by atoms with Crippen molar-refractivity contribution in [2.45, 2.75) is 78.0 Å². The van der Waals surface area contributed by atoms with E-state index in [1.54, 1.807) is 33.8 Å². The average molecular weight is 602 g/mol. The first-order valence-electron chi connectivity index (χ1n) is 15.5. The molecule has 0 spiro atoms. The van der Waals surface area contributed by atoms with Gasteiger partial charge in [0.25, 0.3) is 0 Å². The maximum Gasteiger partial charge on any atom is 0.410 e. The van der Waals surface area contributed by atoms with Gasteiger partial charge in [-0.05, 0) is 94.7 Å². The highest BCUT2D eigenvalue weighted by atomic mass is 19.1. The summed E-state index contributed by atoms with van der Waals surface area (Å²) >= 11 is 0. The molecule has 4 heterocycles. The number of imidazole rings is 1. The summed E-state index contributed by atoms with van der Waals surface area (Å²) in [4.78, 5) is 22.3. The minimum Gasteiger partial charge on any atom is -0.508 e. The number of carbonyl (C=O) groups is 1. The van der Waals surface area contributed by atoms with Crippen LogP contribution in [0.25, 0.3) is 39.6 Å². The Hall–Kier alpha value is -4.18. The summed E-state index contributed by atoms with van der Waals surface area (Å²) in [5.41, 5.74) is 4.44. The van der Waals surface area contributed by atoms with Gasteiger partial charge in [-0.2, -0.15) is 5.10 Å². The van der Waals surface area contributed by atoms with Crippen LogP contribution < -0.4 is 0 Å². The number of phenols is 1. The Labute approximate surface area is 256 Å². The predicted octanol–water partition coefficient (Wildman–Crippen LogP) is 7.61. The fourth-order valence-corrected chi connectivity index (χ4v) is 6.02. The number of nitrogens with zero attached hydrogens (tertiary/aromatic N) is 4. The molecule has 0 unspecified atom stereocenters. The number of halogens is 1. The van der Waals surface area contributed by atoms with Crippen LogP contribution in [-0.2, 0) is 15.9 Å². The number of piperidine rings is 1. The number of hydrogen-bond donors (Lipinski definition) is 2. The van der Waals surface area contributed by atoms with E-state index in [4.69, 9.17) is 19.6 Å². The molecule has 0 radical (unpaired) electrons. The fraction of sp³-hybridized carbons (Fsp3) is 0.441. The lowest BCUT2D eigenvalue weighted by atomic mass is 9.96. The topological polar surface area (TPSA) is 106 Å². The highest BCUT2D eigenvalue weighted by Crippen LogP contribution is 2.38. The molecule has 2 aliphatic rings. The lowest BCUT2D eigenvalue weighted by Crippen LogP contribution is -2.40. The number of benzene rings is 2. The largest absolute Gasteiger partial charge is 0.508 e. The number of ether oxygens (including phenoxy) is 2. The molecule has 1 amide bonds. The molecule has 0 saturated carbocycles. The second-order valence-corrected chi connectivity index (χ2v) is 12.6. The van der Waals surface area contributed by atoms with Gasteiger partial charge in [0.2, 0.25) is 0 Å². The molecule has 4 aromatic rings. The number of carbonyl (C=O) groups excluding carboxylic acids is 1. The van der Waals surface area contributed by atoms with Gasteiger partial charge in [-0.15, -0.1) is 0 Å². The van der Waals surface area contributed by atoms with Crippen molar-refractivity contribution in [3.63, 3.8) is 0 Å². The number of amides is 1. The Kier molecular flexibility index (Phi) is 8.20. The van der Waals surface area contributed by atoms with E-state index in [-0.39, 0.29) is 23.9 Å². The summed E-state index contributed by atoms with van der Waals surface area (Å²) in [5.74, 6) is 0.335. The van der Waals surface area contributed by atoms with Crippen molar-refractivity contribution in [1.82, 2.24) is 24.6 Å². The third-order valence-electron chi connectivity index (χ3n) is 8.23. The van der Waals surface area contributed by atoms with Gasteiger partial charge in [0.1, 0.15) is 22.6 Å². The SMILES string of the molecule is CCc1cc(O)ccc1-c1ccc2c(-c3nc(C=C4CCN(C(=O)OC(C)(C)C)CC4)c[nH]3)nn([C@@H]3CCCCO3)c2c1F. The van der Waals surface area contributed by atoms with Crippen LogP contribution in [0, 0.1) is 5.82 Å². The van der Waals surface area contributed by atoms with Gasteiger partial charge in [0.05, 0.1) is 5.69 Å². The van der Waals surface area contributed by atoms with Gasteiger partial charge in [-0.1, -0.05) is 24.6 Å². The molecule has 10 heteroatoms. The smallest absolute Gasteiger partial charge is 0.410 e. The summed E-state index contributed by atoms with van der Waals surface area (Å²) in [6.07, 6.45) is 8.05. The molecule has 232 valence electrons. The standard InChI is InChI=1S/C34H40FN5O4/c1-5-22-19-24(41)9-10-25(22)26-11-12-27-30(38-40(31(27)29(26)35)28-8-6-7-17-43-28)32-36-20-23(37-32)18-21-13-15-39(16-14-21)33(42)44-34(2,3)4/h9-12,18-20,28,41H,5-8,13-17H2,1-4H3,(H,36,37)/t28-/m0/s1. The highest BCUT2D eigenvalue weighted by Gasteiger charge is 2.28. The molecule has 2 fully saturated rings. The molecule has 2 aliphatic heterocycles. The third-order valence-corrected chi connectivity index (χ3v) is 8.23. The predicted molar refractivity (Wildman–Crippen MR) is 168 cm³/mol. The lowest BCUT2D eigenvalue weighted by Gasteiger charge is -2.30. The molecule has 6 rings (SSSR count). The number of hydrogen-bond acceptors (Lipinski definition) is 6. The van der Waals surface area contributed by atoms with Gasteiger partial charge < -0.3 is 24.5 Å². The first-order chi connectivity index (χ1) is 21.1. The van der Waals surface area contributed by atoms with Crippen molar-refractivity contribution in [2.24, 2.45) is 0 Å². The van der Waals surface area contributed by atoms with Crippen molar-refractivity contribution in [3.8, 4) is 28.4 Å². The molecule has 0 aliphatic carbocycles. The van der Waals surface area contributed by atoms with Crippen molar-refractivity contribution < 1.29 is 23.8 Å². The van der Waals surface area contributed by atoms with E-state index in [0.717, 1.165) is 48.9 Å². The molecular weight excluding hydrogens is 561 g/mol. The van der Waals surface area contributed by atoms with Gasteiger partial charge in [-0.3, -0.25) is 0 Å². The Bertz CT molecular complexity index is 1700. The van der Waals surface area contributed by atoms with Crippen molar-refractivity contribution >= 4 is 23.1 Å². The van der Waals surface area contributed by atoms with E-state index < -0.39 is 5.60 Å². The summed E-state index contributed by atoms with van der Waals surface area (Å²) in [7, 11) is 0. The number of likely N-dealkylation sites (tertiary alicyclic amines) is 1. The Morgan fingerprint density at radius 1 is 1.18 bits per heavy atom. The second kappa shape index (κ2) is 12.1. The van der Waals surface area contributed by atoms with Crippen molar-refractivity contribution in [3.05, 3.63) is 59.2 Å². The van der Waals surface area contributed by atoms with Crippen LogP contribution in [0.4, 0.5) is 9.18 Å². The van der Waals surface area contributed by atoms with Crippen LogP contribution in [0.1, 0.15) is 77.3 Å². The number of aromatic nitrogens is 4. The van der Waals surface area contributed by atoms with Gasteiger partial charge in [0, 0.05) is 36.8 Å². The molecule has 2 aromatic heterocycles. The number of fused-ring (bicyclic) bond motifs is 1. The number of phenolic OH excluding ortho intramolecular Hbond substituents is 1. The maximum absolute atomic E-state index is 16.6. The van der Waals surface area contributed by atoms with Crippen molar-refractivity contribution in [1.29, 1.82) is 0 Å². The summed E-state index contributed by atoms with van der Waals surface area (Å²) in [5, 5.41) is 15.6. The van der Waals surface area contributed by atoms with Crippen molar-refractivity contribution in [2.75, 3.05) is 19.7 Å². The monoisotopic (exact) mass is 601 g/mol. The minimum absolute atomic E-state index is 0.159. The van der Waals surface area contributed by atoms with E-state index >= 15 is 4.39 Å². The highest BCUT2D eigenvalue weighted by molar-refractivity contribution is 5.95. The number of aromatic amines is 1. The number of aryl methyl sites for hydroxylation is 1. The van der Waals surface area contributed by atoms with Crippen LogP contribution in [0.3, 0.4) is 0 Å². The first-order valence-corrected chi connectivity index (χ1v) is 15.5. The second-order valence-electron chi connectivity index (χ2n) is 12.6. The first kappa shape index (κ1) is 29.9. The normalized spacial score (nSPS) is 17.7. The van der Waals surface area contributed by atoms with Gasteiger partial charge >= 0.3 is 6.09 Å². The number of aromatic hydroxyl groups is 1.